The van der Waals surface area contributed by atoms with Gasteiger partial charge in [0.15, 0.2) is 11.4 Å². The Hall–Kier alpha value is -2.22. The maximum Gasteiger partial charge on any atom is 0.177 e. The van der Waals surface area contributed by atoms with Crippen LogP contribution < -0.4 is 0 Å². The summed E-state index contributed by atoms with van der Waals surface area (Å²) in [5.41, 5.74) is 1.33. The van der Waals surface area contributed by atoms with E-state index in [4.69, 9.17) is 10.00 Å². The first kappa shape index (κ1) is 13.7. The van der Waals surface area contributed by atoms with Crippen LogP contribution in [0.15, 0.2) is 5.38 Å². The van der Waals surface area contributed by atoms with Gasteiger partial charge in [-0.05, 0) is 19.8 Å². The quantitative estimate of drug-likeness (QED) is 0.867. The zero-order valence-corrected chi connectivity index (χ0v) is 12.4. The summed E-state index contributed by atoms with van der Waals surface area (Å²) in [7, 11) is 0. The van der Waals surface area contributed by atoms with E-state index in [1.807, 2.05) is 17.5 Å². The number of nitrogens with zero attached hydrogens (tertiary/aromatic N) is 5. The Bertz CT molecular complexity index is 742. The molecule has 0 saturated carbocycles. The third kappa shape index (κ3) is 2.54. The molecular formula is C14H13N5OS. The Kier molecular flexibility index (Phi) is 3.70. The van der Waals surface area contributed by atoms with Crippen molar-refractivity contribution in [1.82, 2.24) is 14.5 Å². The molecule has 1 fully saturated rings. The van der Waals surface area contributed by atoms with Crippen LogP contribution in [0.2, 0.25) is 0 Å². The van der Waals surface area contributed by atoms with E-state index in [1.54, 1.807) is 22.8 Å². The Morgan fingerprint density at radius 2 is 2.29 bits per heavy atom. The van der Waals surface area contributed by atoms with E-state index in [0.717, 1.165) is 30.2 Å². The van der Waals surface area contributed by atoms with Crippen molar-refractivity contribution in [3.05, 3.63) is 33.3 Å². The minimum Gasteiger partial charge on any atom is -0.371 e. The average molecular weight is 299 g/mol. The molecule has 0 N–H and O–H groups in total. The highest BCUT2D eigenvalue weighted by molar-refractivity contribution is 7.09. The van der Waals surface area contributed by atoms with Gasteiger partial charge in [0.2, 0.25) is 0 Å². The third-order valence-corrected chi connectivity index (χ3v) is 4.45. The molecule has 0 aromatic carbocycles. The molecule has 1 unspecified atom stereocenters. The summed E-state index contributed by atoms with van der Waals surface area (Å²) in [6.07, 6.45) is 2.20. The molecule has 1 aliphatic heterocycles. The first-order chi connectivity index (χ1) is 10.2. The minimum atomic E-state index is 0.109. The number of aromatic nitrogens is 3. The number of aryl methyl sites for hydroxylation is 1. The smallest absolute Gasteiger partial charge is 0.177 e. The zero-order valence-electron chi connectivity index (χ0n) is 11.5. The van der Waals surface area contributed by atoms with Crippen LogP contribution in [-0.2, 0) is 11.3 Å². The molecule has 0 aliphatic carbocycles. The van der Waals surface area contributed by atoms with Gasteiger partial charge in [0.25, 0.3) is 0 Å². The van der Waals surface area contributed by atoms with Crippen LogP contribution in [0.5, 0.6) is 0 Å². The van der Waals surface area contributed by atoms with Gasteiger partial charge in [0.05, 0.1) is 12.2 Å². The summed E-state index contributed by atoms with van der Waals surface area (Å²) in [4.78, 5) is 8.70. The number of nitriles is 2. The zero-order chi connectivity index (χ0) is 14.8. The van der Waals surface area contributed by atoms with Crippen molar-refractivity contribution in [1.29, 1.82) is 10.5 Å². The molecule has 1 aliphatic rings. The number of rotatable bonds is 3. The monoisotopic (exact) mass is 299 g/mol. The lowest BCUT2D eigenvalue weighted by molar-refractivity contribution is 0.111. The Morgan fingerprint density at radius 1 is 1.43 bits per heavy atom. The molecule has 21 heavy (non-hydrogen) atoms. The standard InChI is InChI=1S/C14H13N5OS/c1-9-17-11(5-15)12(6-16)19(9)7-10-8-21-14(18-10)13-3-2-4-20-13/h8,13H,2-4,7H2,1H3. The van der Waals surface area contributed by atoms with E-state index in [9.17, 15) is 5.26 Å². The molecule has 1 saturated heterocycles. The van der Waals surface area contributed by atoms with E-state index in [2.05, 4.69) is 9.97 Å². The van der Waals surface area contributed by atoms with Crippen LogP contribution in [-0.4, -0.2) is 21.1 Å². The summed E-state index contributed by atoms with van der Waals surface area (Å²) in [6.45, 7) is 3.03. The van der Waals surface area contributed by atoms with E-state index < -0.39 is 0 Å². The van der Waals surface area contributed by atoms with Crippen molar-refractivity contribution in [2.75, 3.05) is 6.61 Å². The lowest BCUT2D eigenvalue weighted by atomic mass is 10.2. The second-order valence-corrected chi connectivity index (χ2v) is 5.73. The van der Waals surface area contributed by atoms with Gasteiger partial charge >= 0.3 is 0 Å². The van der Waals surface area contributed by atoms with Crippen molar-refractivity contribution in [3.8, 4) is 12.1 Å². The summed E-state index contributed by atoms with van der Waals surface area (Å²) < 4.78 is 7.36. The first-order valence-corrected chi connectivity index (χ1v) is 7.54. The van der Waals surface area contributed by atoms with Gasteiger partial charge in [-0.25, -0.2) is 9.97 Å². The van der Waals surface area contributed by atoms with Gasteiger partial charge in [0.1, 0.15) is 29.1 Å². The minimum absolute atomic E-state index is 0.109. The van der Waals surface area contributed by atoms with Crippen LogP contribution >= 0.6 is 11.3 Å². The molecular weight excluding hydrogens is 286 g/mol. The van der Waals surface area contributed by atoms with Gasteiger partial charge in [-0.15, -0.1) is 11.3 Å². The maximum atomic E-state index is 9.20. The van der Waals surface area contributed by atoms with Crippen molar-refractivity contribution in [2.24, 2.45) is 0 Å². The topological polar surface area (TPSA) is 87.5 Å². The van der Waals surface area contributed by atoms with Gasteiger partial charge in [-0.1, -0.05) is 0 Å². The van der Waals surface area contributed by atoms with Crippen molar-refractivity contribution in [2.45, 2.75) is 32.4 Å². The van der Waals surface area contributed by atoms with E-state index in [1.165, 1.54) is 0 Å². The summed E-state index contributed by atoms with van der Waals surface area (Å²) in [5.74, 6) is 0.648. The molecule has 1 atom stereocenters. The Balaban J connectivity index is 1.86. The van der Waals surface area contributed by atoms with Crippen LogP contribution in [0.4, 0.5) is 0 Å². The molecule has 0 bridgehead atoms. The molecule has 7 heteroatoms. The predicted molar refractivity (Wildman–Crippen MR) is 75.5 cm³/mol. The number of thiazole rings is 1. The normalized spacial score (nSPS) is 17.6. The largest absolute Gasteiger partial charge is 0.371 e. The maximum absolute atomic E-state index is 9.20. The molecule has 0 spiro atoms. The molecule has 2 aromatic heterocycles. The molecule has 6 nitrogen and oxygen atoms in total. The second-order valence-electron chi connectivity index (χ2n) is 4.84. The van der Waals surface area contributed by atoms with Gasteiger partial charge in [-0.2, -0.15) is 10.5 Å². The molecule has 0 amide bonds. The van der Waals surface area contributed by atoms with E-state index >= 15 is 0 Å². The van der Waals surface area contributed by atoms with Crippen molar-refractivity contribution >= 4 is 11.3 Å². The fraction of sp³-hybridized carbons (Fsp3) is 0.429. The number of hydrogen-bond donors (Lipinski definition) is 0. The third-order valence-electron chi connectivity index (χ3n) is 3.47. The molecule has 2 aromatic rings. The van der Waals surface area contributed by atoms with Crippen molar-refractivity contribution in [3.63, 3.8) is 0 Å². The Morgan fingerprint density at radius 3 is 2.95 bits per heavy atom. The second kappa shape index (κ2) is 5.65. The summed E-state index contributed by atoms with van der Waals surface area (Å²) in [6, 6.07) is 4.00. The lowest BCUT2D eigenvalue weighted by Crippen LogP contribution is -2.06. The van der Waals surface area contributed by atoms with Gasteiger partial charge in [-0.3, -0.25) is 0 Å². The SMILES string of the molecule is Cc1nc(C#N)c(C#N)n1Cc1csc(C2CCCO2)n1. The first-order valence-electron chi connectivity index (χ1n) is 6.66. The van der Waals surface area contributed by atoms with Crippen LogP contribution in [0.1, 0.15) is 46.9 Å². The Labute approximate surface area is 126 Å². The highest BCUT2D eigenvalue weighted by Gasteiger charge is 2.21. The van der Waals surface area contributed by atoms with Crippen LogP contribution in [0.3, 0.4) is 0 Å². The fourth-order valence-electron chi connectivity index (χ4n) is 2.43. The van der Waals surface area contributed by atoms with Crippen LogP contribution in [0, 0.1) is 29.6 Å². The van der Waals surface area contributed by atoms with Gasteiger partial charge < -0.3 is 9.30 Å². The average Bonchev–Trinajstić information content (AvgIpc) is 3.20. The predicted octanol–water partition coefficient (Wildman–Crippen LogP) is 2.29. The fourth-order valence-corrected chi connectivity index (χ4v) is 3.32. The van der Waals surface area contributed by atoms with Crippen molar-refractivity contribution < 1.29 is 4.74 Å². The number of imidazole rings is 1. The molecule has 3 rings (SSSR count). The summed E-state index contributed by atoms with van der Waals surface area (Å²) >= 11 is 1.58. The lowest BCUT2D eigenvalue weighted by Gasteiger charge is -2.05. The molecule has 3 heterocycles. The van der Waals surface area contributed by atoms with E-state index in [0.29, 0.717) is 18.1 Å². The number of hydrogen-bond acceptors (Lipinski definition) is 6. The molecule has 0 radical (unpaired) electrons. The van der Waals surface area contributed by atoms with Crippen LogP contribution in [0.25, 0.3) is 0 Å². The number of ether oxygens (including phenoxy) is 1. The molecule has 106 valence electrons. The summed E-state index contributed by atoms with van der Waals surface area (Å²) in [5, 5.41) is 21.2. The highest BCUT2D eigenvalue weighted by Crippen LogP contribution is 2.30. The van der Waals surface area contributed by atoms with Gasteiger partial charge in [0, 0.05) is 12.0 Å². The highest BCUT2D eigenvalue weighted by atomic mass is 32.1. The van der Waals surface area contributed by atoms with E-state index in [-0.39, 0.29) is 11.8 Å².